The fraction of sp³-hybridized carbons (Fsp3) is 0.417. The van der Waals surface area contributed by atoms with Gasteiger partial charge in [0.1, 0.15) is 4.90 Å². The van der Waals surface area contributed by atoms with E-state index < -0.39 is 10.0 Å². The SMILES string of the molecule is CCN(CC)C(=O)CNS(=O)(=O)c1c(N)cc(Br)cc1Br. The smallest absolute Gasteiger partial charge is 0.244 e. The molecule has 0 spiro atoms. The number of carbonyl (C=O) groups is 1. The number of nitrogens with two attached hydrogens (primary N) is 1. The zero-order valence-electron chi connectivity index (χ0n) is 11.7. The molecule has 1 amide bonds. The molecule has 0 saturated carbocycles. The van der Waals surface area contributed by atoms with Crippen molar-refractivity contribution in [3.63, 3.8) is 0 Å². The molecule has 0 bridgehead atoms. The summed E-state index contributed by atoms with van der Waals surface area (Å²) < 4.78 is 27.8. The first kappa shape index (κ1) is 18.4. The normalized spacial score (nSPS) is 11.4. The van der Waals surface area contributed by atoms with Crippen LogP contribution in [0.15, 0.2) is 26.0 Å². The number of likely N-dealkylation sites (N-methyl/N-ethyl adjacent to an activating group) is 1. The van der Waals surface area contributed by atoms with Crippen molar-refractivity contribution in [2.45, 2.75) is 18.7 Å². The van der Waals surface area contributed by atoms with Crippen LogP contribution in [0.1, 0.15) is 13.8 Å². The van der Waals surface area contributed by atoms with Crippen LogP contribution in [0.25, 0.3) is 0 Å². The van der Waals surface area contributed by atoms with Gasteiger partial charge in [0, 0.05) is 22.0 Å². The predicted molar refractivity (Wildman–Crippen MR) is 89.4 cm³/mol. The molecule has 21 heavy (non-hydrogen) atoms. The lowest BCUT2D eigenvalue weighted by molar-refractivity contribution is -0.129. The first-order valence-corrected chi connectivity index (χ1v) is 9.31. The quantitative estimate of drug-likeness (QED) is 0.658. The van der Waals surface area contributed by atoms with Crippen molar-refractivity contribution in [2.24, 2.45) is 0 Å². The molecule has 0 radical (unpaired) electrons. The molecule has 0 saturated heterocycles. The van der Waals surface area contributed by atoms with Gasteiger partial charge in [-0.1, -0.05) is 15.9 Å². The van der Waals surface area contributed by atoms with Gasteiger partial charge in [-0.2, -0.15) is 0 Å². The van der Waals surface area contributed by atoms with E-state index in [0.717, 1.165) is 0 Å². The van der Waals surface area contributed by atoms with E-state index in [1.807, 2.05) is 13.8 Å². The fourth-order valence-corrected chi connectivity index (χ4v) is 4.82. The van der Waals surface area contributed by atoms with Gasteiger partial charge in [-0.3, -0.25) is 4.79 Å². The molecule has 118 valence electrons. The minimum absolute atomic E-state index is 0.0713. The Bertz CT molecular complexity index is 608. The van der Waals surface area contributed by atoms with E-state index in [9.17, 15) is 13.2 Å². The number of amides is 1. The summed E-state index contributed by atoms with van der Waals surface area (Å²) in [6.07, 6.45) is 0. The number of nitrogens with one attached hydrogen (secondary N) is 1. The summed E-state index contributed by atoms with van der Waals surface area (Å²) >= 11 is 6.40. The van der Waals surface area contributed by atoms with Gasteiger partial charge >= 0.3 is 0 Å². The second-order valence-electron chi connectivity index (χ2n) is 4.20. The van der Waals surface area contributed by atoms with Gasteiger partial charge in [0.05, 0.1) is 12.2 Å². The third-order valence-electron chi connectivity index (χ3n) is 2.84. The first-order chi connectivity index (χ1) is 9.72. The highest BCUT2D eigenvalue weighted by atomic mass is 79.9. The van der Waals surface area contributed by atoms with E-state index in [1.165, 1.54) is 6.07 Å². The Balaban J connectivity index is 2.96. The molecule has 0 fully saturated rings. The molecule has 0 heterocycles. The Hall–Kier alpha value is -0.640. The van der Waals surface area contributed by atoms with Crippen LogP contribution in [-0.2, 0) is 14.8 Å². The highest BCUT2D eigenvalue weighted by Gasteiger charge is 2.23. The topological polar surface area (TPSA) is 92.5 Å². The third-order valence-corrected chi connectivity index (χ3v) is 5.70. The summed E-state index contributed by atoms with van der Waals surface area (Å²) in [5, 5.41) is 0. The van der Waals surface area contributed by atoms with E-state index in [2.05, 4.69) is 36.6 Å². The number of nitrogens with zero attached hydrogens (tertiary/aromatic N) is 1. The van der Waals surface area contributed by atoms with Crippen LogP contribution >= 0.6 is 31.9 Å². The highest BCUT2D eigenvalue weighted by Crippen LogP contribution is 2.31. The highest BCUT2D eigenvalue weighted by molar-refractivity contribution is 9.11. The maximum absolute atomic E-state index is 12.3. The first-order valence-electron chi connectivity index (χ1n) is 6.24. The van der Waals surface area contributed by atoms with Crippen molar-refractivity contribution in [1.82, 2.24) is 9.62 Å². The number of rotatable bonds is 6. The van der Waals surface area contributed by atoms with E-state index in [-0.39, 0.29) is 23.0 Å². The number of halogens is 2. The average molecular weight is 443 g/mol. The summed E-state index contributed by atoms with van der Waals surface area (Å²) in [5.41, 5.74) is 5.85. The average Bonchev–Trinajstić information content (AvgIpc) is 2.36. The molecule has 1 aromatic carbocycles. The predicted octanol–water partition coefficient (Wildman–Crippen LogP) is 1.94. The molecular weight excluding hydrogens is 426 g/mol. The number of hydrogen-bond donors (Lipinski definition) is 2. The van der Waals surface area contributed by atoms with Crippen LogP contribution in [0.3, 0.4) is 0 Å². The second-order valence-corrected chi connectivity index (χ2v) is 7.67. The molecule has 1 aromatic rings. The van der Waals surface area contributed by atoms with Crippen molar-refractivity contribution in [1.29, 1.82) is 0 Å². The maximum atomic E-state index is 12.3. The summed E-state index contributed by atoms with van der Waals surface area (Å²) in [5.74, 6) is -0.282. The maximum Gasteiger partial charge on any atom is 0.244 e. The van der Waals surface area contributed by atoms with Gasteiger partial charge in [0.15, 0.2) is 0 Å². The van der Waals surface area contributed by atoms with Gasteiger partial charge in [-0.15, -0.1) is 0 Å². The van der Waals surface area contributed by atoms with Crippen LogP contribution in [-0.4, -0.2) is 38.9 Å². The van der Waals surface area contributed by atoms with Crippen molar-refractivity contribution in [3.05, 3.63) is 21.1 Å². The fourth-order valence-electron chi connectivity index (χ4n) is 1.78. The third kappa shape index (κ3) is 4.67. The Morgan fingerprint density at radius 1 is 1.29 bits per heavy atom. The van der Waals surface area contributed by atoms with Gasteiger partial charge < -0.3 is 10.6 Å². The standard InChI is InChI=1S/C12H17Br2N3O3S/c1-3-17(4-2)11(18)7-16-21(19,20)12-9(14)5-8(13)6-10(12)15/h5-6,16H,3-4,7,15H2,1-2H3. The summed E-state index contributed by atoms with van der Waals surface area (Å²) in [6, 6.07) is 3.07. The van der Waals surface area contributed by atoms with Crippen LogP contribution in [0.2, 0.25) is 0 Å². The summed E-state index contributed by atoms with van der Waals surface area (Å²) in [7, 11) is -3.87. The number of anilines is 1. The lowest BCUT2D eigenvalue weighted by Gasteiger charge is -2.19. The van der Waals surface area contributed by atoms with E-state index >= 15 is 0 Å². The van der Waals surface area contributed by atoms with Crippen LogP contribution < -0.4 is 10.5 Å². The number of hydrogen-bond acceptors (Lipinski definition) is 4. The van der Waals surface area contributed by atoms with Crippen molar-refractivity contribution in [3.8, 4) is 0 Å². The monoisotopic (exact) mass is 441 g/mol. The number of sulfonamides is 1. The zero-order chi connectivity index (χ0) is 16.2. The van der Waals surface area contributed by atoms with E-state index in [4.69, 9.17) is 5.73 Å². The van der Waals surface area contributed by atoms with Crippen LogP contribution in [0, 0.1) is 0 Å². The molecule has 1 rings (SSSR count). The van der Waals surface area contributed by atoms with Crippen molar-refractivity contribution in [2.75, 3.05) is 25.4 Å². The minimum Gasteiger partial charge on any atom is -0.398 e. The molecule has 0 unspecified atom stereocenters. The van der Waals surface area contributed by atoms with Gasteiger partial charge in [0.25, 0.3) is 0 Å². The molecule has 0 atom stereocenters. The molecule has 0 aliphatic rings. The van der Waals surface area contributed by atoms with Crippen LogP contribution in [0.5, 0.6) is 0 Å². The Kier molecular flexibility index (Phi) is 6.64. The molecule has 3 N–H and O–H groups in total. The van der Waals surface area contributed by atoms with Gasteiger partial charge in [-0.25, -0.2) is 13.1 Å². The van der Waals surface area contributed by atoms with E-state index in [1.54, 1.807) is 11.0 Å². The zero-order valence-corrected chi connectivity index (χ0v) is 15.7. The molecular formula is C12H17Br2N3O3S. The Labute approximate surface area is 141 Å². The number of carbonyl (C=O) groups excluding carboxylic acids is 1. The lowest BCUT2D eigenvalue weighted by atomic mass is 10.3. The van der Waals surface area contributed by atoms with Crippen molar-refractivity contribution < 1.29 is 13.2 Å². The van der Waals surface area contributed by atoms with E-state index in [0.29, 0.717) is 22.0 Å². The summed E-state index contributed by atoms with van der Waals surface area (Å²) in [4.78, 5) is 13.3. The molecule has 0 aliphatic heterocycles. The lowest BCUT2D eigenvalue weighted by Crippen LogP contribution is -2.40. The number of nitrogen functional groups attached to an aromatic ring is 1. The second kappa shape index (κ2) is 7.57. The minimum atomic E-state index is -3.87. The van der Waals surface area contributed by atoms with Crippen LogP contribution in [0.4, 0.5) is 5.69 Å². The summed E-state index contributed by atoms with van der Waals surface area (Å²) in [6.45, 7) is 4.42. The molecule has 0 aromatic heterocycles. The van der Waals surface area contributed by atoms with Crippen molar-refractivity contribution >= 4 is 53.5 Å². The Morgan fingerprint density at radius 3 is 2.33 bits per heavy atom. The number of benzene rings is 1. The molecule has 0 aliphatic carbocycles. The van der Waals surface area contributed by atoms with Gasteiger partial charge in [-0.05, 0) is 41.9 Å². The Morgan fingerprint density at radius 2 is 1.86 bits per heavy atom. The molecule has 6 nitrogen and oxygen atoms in total. The molecule has 9 heteroatoms. The van der Waals surface area contributed by atoms with Gasteiger partial charge in [0.2, 0.25) is 15.9 Å². The largest absolute Gasteiger partial charge is 0.398 e.